The zero-order valence-electron chi connectivity index (χ0n) is 21.7. The molecule has 0 spiro atoms. The molecule has 9 heteroatoms. The maximum atomic E-state index is 14.6. The first-order valence-electron chi connectivity index (χ1n) is 12.2. The molecule has 8 nitrogen and oxygen atoms in total. The first kappa shape index (κ1) is 27.1. The molecule has 3 aromatic carbocycles. The van der Waals surface area contributed by atoms with E-state index in [1.165, 1.54) is 24.4 Å². The van der Waals surface area contributed by atoms with Gasteiger partial charge in [-0.25, -0.2) is 14.2 Å². The van der Waals surface area contributed by atoms with E-state index in [1.807, 2.05) is 30.3 Å². The molecule has 0 unspecified atom stereocenters. The smallest absolute Gasteiger partial charge is 0.407 e. The van der Waals surface area contributed by atoms with Gasteiger partial charge in [0.25, 0.3) is 5.91 Å². The van der Waals surface area contributed by atoms with E-state index in [1.54, 1.807) is 57.2 Å². The standard InChI is InChI=1S/C30H28FN3O5/c1-30(2,3)39-29(36)33-18-20-9-15-26(25(31)17-20)38-27-16-12-22(19-32-27)34-28(35)21-10-13-24(14-11-21)37-23-7-5-4-6-8-23/h4-17,19H,18H2,1-3H3,(H,33,36)(H,34,35). The number of ether oxygens (including phenoxy) is 3. The number of anilines is 1. The zero-order chi connectivity index (χ0) is 27.8. The average molecular weight is 530 g/mol. The first-order valence-corrected chi connectivity index (χ1v) is 12.2. The van der Waals surface area contributed by atoms with E-state index in [-0.39, 0.29) is 24.1 Å². The molecule has 0 saturated carbocycles. The van der Waals surface area contributed by atoms with E-state index in [9.17, 15) is 14.0 Å². The molecule has 0 fully saturated rings. The highest BCUT2D eigenvalue weighted by atomic mass is 19.1. The van der Waals surface area contributed by atoms with Gasteiger partial charge < -0.3 is 24.8 Å². The quantitative estimate of drug-likeness (QED) is 0.253. The van der Waals surface area contributed by atoms with E-state index in [4.69, 9.17) is 14.2 Å². The van der Waals surface area contributed by atoms with Crippen molar-refractivity contribution < 1.29 is 28.2 Å². The van der Waals surface area contributed by atoms with Crippen LogP contribution in [0.25, 0.3) is 0 Å². The number of alkyl carbamates (subject to hydrolysis) is 1. The maximum absolute atomic E-state index is 14.6. The second-order valence-corrected chi connectivity index (χ2v) is 9.50. The van der Waals surface area contributed by atoms with Gasteiger partial charge in [-0.05, 0) is 80.9 Å². The molecule has 4 aromatic rings. The van der Waals surface area contributed by atoms with Crippen molar-refractivity contribution >= 4 is 17.7 Å². The van der Waals surface area contributed by atoms with Gasteiger partial charge in [0.05, 0.1) is 11.9 Å². The number of benzene rings is 3. The number of nitrogens with zero attached hydrogens (tertiary/aromatic N) is 1. The Morgan fingerprint density at radius 3 is 2.23 bits per heavy atom. The molecule has 0 saturated heterocycles. The van der Waals surface area contributed by atoms with Gasteiger partial charge in [-0.1, -0.05) is 24.3 Å². The maximum Gasteiger partial charge on any atom is 0.407 e. The van der Waals surface area contributed by atoms with E-state index >= 15 is 0 Å². The number of nitrogens with one attached hydrogen (secondary N) is 2. The molecule has 2 amide bonds. The van der Waals surface area contributed by atoms with Crippen LogP contribution in [-0.2, 0) is 11.3 Å². The number of halogens is 1. The number of hydrogen-bond donors (Lipinski definition) is 2. The van der Waals surface area contributed by atoms with Crippen LogP contribution in [0.1, 0.15) is 36.7 Å². The van der Waals surface area contributed by atoms with Crippen LogP contribution in [0.2, 0.25) is 0 Å². The van der Waals surface area contributed by atoms with Gasteiger partial charge in [0.1, 0.15) is 17.1 Å². The van der Waals surface area contributed by atoms with Gasteiger partial charge >= 0.3 is 6.09 Å². The van der Waals surface area contributed by atoms with Crippen molar-refractivity contribution in [1.29, 1.82) is 0 Å². The molecule has 0 aliphatic rings. The molecule has 2 N–H and O–H groups in total. The summed E-state index contributed by atoms with van der Waals surface area (Å²) in [5, 5.41) is 5.33. The van der Waals surface area contributed by atoms with E-state index in [0.29, 0.717) is 28.3 Å². The highest BCUT2D eigenvalue weighted by Crippen LogP contribution is 2.25. The summed E-state index contributed by atoms with van der Waals surface area (Å²) in [4.78, 5) is 28.5. The molecular weight excluding hydrogens is 501 g/mol. The number of amides is 2. The number of rotatable bonds is 8. The normalized spacial score (nSPS) is 10.9. The molecule has 4 rings (SSSR count). The second kappa shape index (κ2) is 12.1. The fraction of sp³-hybridized carbons (Fsp3) is 0.167. The summed E-state index contributed by atoms with van der Waals surface area (Å²) in [7, 11) is 0. The first-order chi connectivity index (χ1) is 18.6. The summed E-state index contributed by atoms with van der Waals surface area (Å²) in [6.45, 7) is 5.37. The minimum Gasteiger partial charge on any atom is -0.457 e. The van der Waals surface area contributed by atoms with Crippen LogP contribution in [0.4, 0.5) is 14.9 Å². The largest absolute Gasteiger partial charge is 0.457 e. The average Bonchev–Trinajstić information content (AvgIpc) is 2.90. The van der Waals surface area contributed by atoms with Gasteiger partial charge in [0.15, 0.2) is 11.6 Å². The Kier molecular flexibility index (Phi) is 8.40. The van der Waals surface area contributed by atoms with Crippen molar-refractivity contribution in [3.8, 4) is 23.1 Å². The van der Waals surface area contributed by atoms with Crippen molar-refractivity contribution in [3.05, 3.63) is 108 Å². The minimum absolute atomic E-state index is 0.0295. The fourth-order valence-electron chi connectivity index (χ4n) is 3.35. The number of para-hydroxylation sites is 1. The van der Waals surface area contributed by atoms with Crippen molar-refractivity contribution in [2.75, 3.05) is 5.32 Å². The summed E-state index contributed by atoms with van der Waals surface area (Å²) in [5.41, 5.74) is 0.804. The molecule has 0 radical (unpaired) electrons. The van der Waals surface area contributed by atoms with Crippen LogP contribution in [0, 0.1) is 5.82 Å². The van der Waals surface area contributed by atoms with Gasteiger partial charge in [-0.3, -0.25) is 4.79 Å². The molecule has 0 atom stereocenters. The van der Waals surface area contributed by atoms with Crippen molar-refractivity contribution in [2.45, 2.75) is 32.9 Å². The third-order valence-corrected chi connectivity index (χ3v) is 5.14. The Morgan fingerprint density at radius 2 is 1.59 bits per heavy atom. The minimum atomic E-state index is -0.623. The predicted molar refractivity (Wildman–Crippen MR) is 145 cm³/mol. The summed E-state index contributed by atoms with van der Waals surface area (Å²) in [6.07, 6.45) is 0.825. The molecular formula is C30H28FN3O5. The van der Waals surface area contributed by atoms with Crippen molar-refractivity contribution in [1.82, 2.24) is 10.3 Å². The lowest BCUT2D eigenvalue weighted by atomic mass is 10.2. The Hall–Kier alpha value is -4.92. The third kappa shape index (κ3) is 8.29. The van der Waals surface area contributed by atoms with Gasteiger partial charge in [-0.15, -0.1) is 0 Å². The van der Waals surface area contributed by atoms with Crippen LogP contribution >= 0.6 is 0 Å². The Balaban J connectivity index is 1.29. The molecule has 0 bridgehead atoms. The second-order valence-electron chi connectivity index (χ2n) is 9.50. The van der Waals surface area contributed by atoms with Crippen molar-refractivity contribution in [3.63, 3.8) is 0 Å². The van der Waals surface area contributed by atoms with Crippen LogP contribution in [0.15, 0.2) is 91.1 Å². The monoisotopic (exact) mass is 529 g/mol. The lowest BCUT2D eigenvalue weighted by Crippen LogP contribution is -2.32. The summed E-state index contributed by atoms with van der Waals surface area (Å²) in [6, 6.07) is 23.5. The predicted octanol–water partition coefficient (Wildman–Crippen LogP) is 7.08. The molecule has 39 heavy (non-hydrogen) atoms. The van der Waals surface area contributed by atoms with Crippen LogP contribution in [0.5, 0.6) is 23.1 Å². The zero-order valence-corrected chi connectivity index (χ0v) is 21.7. The topological polar surface area (TPSA) is 98.8 Å². The molecule has 1 aromatic heterocycles. The van der Waals surface area contributed by atoms with Gasteiger partial charge in [0.2, 0.25) is 5.88 Å². The number of aromatic nitrogens is 1. The van der Waals surface area contributed by atoms with E-state index in [2.05, 4.69) is 15.6 Å². The third-order valence-electron chi connectivity index (χ3n) is 5.14. The molecule has 0 aliphatic carbocycles. The van der Waals surface area contributed by atoms with E-state index < -0.39 is 17.5 Å². The van der Waals surface area contributed by atoms with Crippen LogP contribution in [0.3, 0.4) is 0 Å². The summed E-state index contributed by atoms with van der Waals surface area (Å²) in [5.74, 6) is 0.498. The number of carbonyl (C=O) groups excluding carboxylic acids is 2. The molecule has 1 heterocycles. The number of carbonyl (C=O) groups is 2. The summed E-state index contributed by atoms with van der Waals surface area (Å²) < 4.78 is 31.0. The van der Waals surface area contributed by atoms with Crippen LogP contribution < -0.4 is 20.1 Å². The lowest BCUT2D eigenvalue weighted by Gasteiger charge is -2.19. The lowest BCUT2D eigenvalue weighted by molar-refractivity contribution is 0.0523. The summed E-state index contributed by atoms with van der Waals surface area (Å²) >= 11 is 0. The highest BCUT2D eigenvalue weighted by Gasteiger charge is 2.16. The Morgan fingerprint density at radius 1 is 0.872 bits per heavy atom. The SMILES string of the molecule is CC(C)(C)OC(=O)NCc1ccc(Oc2ccc(NC(=O)c3ccc(Oc4ccccc4)cc3)cn2)c(F)c1. The molecule has 0 aliphatic heterocycles. The number of hydrogen-bond acceptors (Lipinski definition) is 6. The Labute approximate surface area is 225 Å². The molecule has 200 valence electrons. The van der Waals surface area contributed by atoms with Crippen molar-refractivity contribution in [2.24, 2.45) is 0 Å². The van der Waals surface area contributed by atoms with Gasteiger partial charge in [0, 0.05) is 18.2 Å². The van der Waals surface area contributed by atoms with Crippen LogP contribution in [-0.4, -0.2) is 22.6 Å². The van der Waals surface area contributed by atoms with Gasteiger partial charge in [-0.2, -0.15) is 0 Å². The highest BCUT2D eigenvalue weighted by molar-refractivity contribution is 6.04. The number of pyridine rings is 1. The fourth-order valence-corrected chi connectivity index (χ4v) is 3.35. The van der Waals surface area contributed by atoms with E-state index in [0.717, 1.165) is 0 Å². The Bertz CT molecular complexity index is 1420.